The Kier molecular flexibility index (Phi) is 25.0. The van der Waals surface area contributed by atoms with E-state index in [1.54, 1.807) is 0 Å². The zero-order valence-electron chi connectivity index (χ0n) is 19.2. The molecule has 0 aromatic heterocycles. The molecule has 0 saturated heterocycles. The molecule has 0 aromatic rings. The average Bonchev–Trinajstić information content (AvgIpc) is 2.68. The summed E-state index contributed by atoms with van der Waals surface area (Å²) in [5.41, 5.74) is 0. The fourth-order valence-electron chi connectivity index (χ4n) is 4.29. The van der Waals surface area contributed by atoms with Crippen molar-refractivity contribution in [1.82, 2.24) is 0 Å². The molecule has 1 unspecified atom stereocenters. The molecule has 0 aliphatic rings. The van der Waals surface area contributed by atoms with E-state index < -0.39 is 0 Å². The molecule has 0 aliphatic carbocycles. The first kappa shape index (κ1) is 27.5. The first-order valence-electron chi connectivity index (χ1n) is 12.9. The molecule has 0 saturated carbocycles. The molecule has 0 N–H and O–H groups in total. The molecule has 0 radical (unpaired) electrons. The molecule has 164 valence electrons. The highest BCUT2D eigenvalue weighted by Gasteiger charge is 2.08. The molecule has 0 amide bonds. The number of hydrogen-bond donors (Lipinski definition) is 0. The second-order valence-corrected chi connectivity index (χ2v) is 9.72. The number of halogens is 1. The van der Waals surface area contributed by atoms with Crippen molar-refractivity contribution < 1.29 is 0 Å². The van der Waals surface area contributed by atoms with Crippen molar-refractivity contribution >= 4 is 15.9 Å². The minimum atomic E-state index is 1.01. The Hall–Kier alpha value is 0.480. The van der Waals surface area contributed by atoms with Crippen molar-refractivity contribution in [2.75, 3.05) is 5.33 Å². The minimum Gasteiger partial charge on any atom is -0.0928 e. The Morgan fingerprint density at radius 3 is 1.04 bits per heavy atom. The standard InChI is InChI=1S/C26H53Br/c1-3-5-7-9-11-13-14-16-18-20-23-26(24-21-25-27)22-19-17-15-12-10-8-6-4-2/h26H,3-25H2,1-2H3. The molecule has 0 spiro atoms. The summed E-state index contributed by atoms with van der Waals surface area (Å²) >= 11 is 3.63. The molecule has 0 rings (SSSR count). The SMILES string of the molecule is CCCCCCCCCCCCC(CCCBr)CCCCCCCCCC. The second-order valence-electron chi connectivity index (χ2n) is 8.93. The van der Waals surface area contributed by atoms with Crippen molar-refractivity contribution in [3.8, 4) is 0 Å². The summed E-state index contributed by atoms with van der Waals surface area (Å²) in [5, 5.41) is 1.19. The van der Waals surface area contributed by atoms with Crippen LogP contribution in [0.5, 0.6) is 0 Å². The predicted octanol–water partition coefficient (Wildman–Crippen LogP) is 10.6. The fourth-order valence-corrected chi connectivity index (χ4v) is 4.61. The van der Waals surface area contributed by atoms with Gasteiger partial charge in [0.15, 0.2) is 0 Å². The van der Waals surface area contributed by atoms with Crippen LogP contribution in [0.2, 0.25) is 0 Å². The summed E-state index contributed by atoms with van der Waals surface area (Å²) in [6.07, 6.45) is 32.1. The maximum absolute atomic E-state index is 3.63. The lowest BCUT2D eigenvalue weighted by Gasteiger charge is -2.16. The van der Waals surface area contributed by atoms with Gasteiger partial charge in [-0.05, 0) is 18.8 Å². The summed E-state index contributed by atoms with van der Waals surface area (Å²) < 4.78 is 0. The van der Waals surface area contributed by atoms with E-state index in [9.17, 15) is 0 Å². The number of unbranched alkanes of at least 4 members (excludes halogenated alkanes) is 16. The third kappa shape index (κ3) is 22.6. The van der Waals surface area contributed by atoms with Crippen LogP contribution in [0.1, 0.15) is 155 Å². The van der Waals surface area contributed by atoms with E-state index in [1.807, 2.05) is 0 Å². The molecule has 0 aliphatic heterocycles. The second kappa shape index (κ2) is 24.5. The van der Waals surface area contributed by atoms with E-state index >= 15 is 0 Å². The Morgan fingerprint density at radius 2 is 0.704 bits per heavy atom. The van der Waals surface area contributed by atoms with E-state index in [0.717, 1.165) is 5.92 Å². The molecule has 0 fully saturated rings. The summed E-state index contributed by atoms with van der Waals surface area (Å²) in [6, 6.07) is 0. The number of rotatable bonds is 23. The molecular weight excluding hydrogens is 392 g/mol. The molecule has 1 atom stereocenters. The van der Waals surface area contributed by atoms with Crippen LogP contribution in [0.25, 0.3) is 0 Å². The van der Waals surface area contributed by atoms with Gasteiger partial charge in [0.1, 0.15) is 0 Å². The molecule has 0 bridgehead atoms. The van der Waals surface area contributed by atoms with E-state index in [-0.39, 0.29) is 0 Å². The third-order valence-electron chi connectivity index (χ3n) is 6.18. The first-order chi connectivity index (χ1) is 13.3. The zero-order valence-corrected chi connectivity index (χ0v) is 20.8. The molecular formula is C26H53Br. The van der Waals surface area contributed by atoms with Gasteiger partial charge in [-0.25, -0.2) is 0 Å². The topological polar surface area (TPSA) is 0 Å². The van der Waals surface area contributed by atoms with Crippen LogP contribution in [0.4, 0.5) is 0 Å². The van der Waals surface area contributed by atoms with Gasteiger partial charge in [-0.3, -0.25) is 0 Å². The summed E-state index contributed by atoms with van der Waals surface area (Å²) in [7, 11) is 0. The third-order valence-corrected chi connectivity index (χ3v) is 6.74. The van der Waals surface area contributed by atoms with E-state index in [0.29, 0.717) is 0 Å². The smallest absolute Gasteiger partial charge is 0.00314 e. The summed E-state index contributed by atoms with van der Waals surface area (Å²) in [5.74, 6) is 1.01. The molecule has 27 heavy (non-hydrogen) atoms. The van der Waals surface area contributed by atoms with Gasteiger partial charge in [-0.1, -0.05) is 158 Å². The molecule has 0 aromatic carbocycles. The Morgan fingerprint density at radius 1 is 0.407 bits per heavy atom. The van der Waals surface area contributed by atoms with Crippen LogP contribution in [0.3, 0.4) is 0 Å². The lowest BCUT2D eigenvalue weighted by atomic mass is 9.90. The van der Waals surface area contributed by atoms with Crippen LogP contribution < -0.4 is 0 Å². The van der Waals surface area contributed by atoms with Gasteiger partial charge in [0.2, 0.25) is 0 Å². The van der Waals surface area contributed by atoms with Crippen molar-refractivity contribution in [2.45, 2.75) is 155 Å². The monoisotopic (exact) mass is 444 g/mol. The highest BCUT2D eigenvalue weighted by Crippen LogP contribution is 2.24. The van der Waals surface area contributed by atoms with Crippen LogP contribution in [0.15, 0.2) is 0 Å². The molecule has 0 nitrogen and oxygen atoms in total. The van der Waals surface area contributed by atoms with Gasteiger partial charge < -0.3 is 0 Å². The largest absolute Gasteiger partial charge is 0.0928 e. The van der Waals surface area contributed by atoms with Gasteiger partial charge >= 0.3 is 0 Å². The van der Waals surface area contributed by atoms with Crippen LogP contribution in [0, 0.1) is 5.92 Å². The quantitative estimate of drug-likeness (QED) is 0.108. The van der Waals surface area contributed by atoms with E-state index in [1.165, 1.54) is 147 Å². The van der Waals surface area contributed by atoms with Gasteiger partial charge in [-0.2, -0.15) is 0 Å². The van der Waals surface area contributed by atoms with Crippen LogP contribution in [-0.4, -0.2) is 5.33 Å². The lowest BCUT2D eigenvalue weighted by Crippen LogP contribution is -2.02. The van der Waals surface area contributed by atoms with E-state index in [2.05, 4.69) is 29.8 Å². The predicted molar refractivity (Wildman–Crippen MR) is 130 cm³/mol. The maximum atomic E-state index is 3.63. The highest BCUT2D eigenvalue weighted by atomic mass is 79.9. The van der Waals surface area contributed by atoms with Gasteiger partial charge in [0, 0.05) is 5.33 Å². The van der Waals surface area contributed by atoms with Crippen molar-refractivity contribution in [3.05, 3.63) is 0 Å². The Balaban J connectivity index is 3.52. The summed E-state index contributed by atoms with van der Waals surface area (Å²) in [4.78, 5) is 0. The number of hydrogen-bond acceptors (Lipinski definition) is 0. The van der Waals surface area contributed by atoms with Gasteiger partial charge in [0.25, 0.3) is 0 Å². The highest BCUT2D eigenvalue weighted by molar-refractivity contribution is 9.09. The molecule has 1 heteroatoms. The average molecular weight is 446 g/mol. The Bertz CT molecular complexity index is 251. The lowest BCUT2D eigenvalue weighted by molar-refractivity contribution is 0.378. The zero-order chi connectivity index (χ0) is 19.8. The Labute approximate surface area is 182 Å². The van der Waals surface area contributed by atoms with Crippen molar-refractivity contribution in [1.29, 1.82) is 0 Å². The summed E-state index contributed by atoms with van der Waals surface area (Å²) in [6.45, 7) is 4.61. The normalized spacial score (nSPS) is 12.6. The van der Waals surface area contributed by atoms with Crippen molar-refractivity contribution in [2.24, 2.45) is 5.92 Å². The fraction of sp³-hybridized carbons (Fsp3) is 1.00. The first-order valence-corrected chi connectivity index (χ1v) is 14.0. The number of alkyl halides is 1. The van der Waals surface area contributed by atoms with E-state index in [4.69, 9.17) is 0 Å². The minimum absolute atomic E-state index is 1.01. The van der Waals surface area contributed by atoms with Crippen LogP contribution >= 0.6 is 15.9 Å². The van der Waals surface area contributed by atoms with Gasteiger partial charge in [-0.15, -0.1) is 0 Å². The van der Waals surface area contributed by atoms with Crippen LogP contribution in [-0.2, 0) is 0 Å². The van der Waals surface area contributed by atoms with Gasteiger partial charge in [0.05, 0.1) is 0 Å². The molecule has 0 heterocycles. The maximum Gasteiger partial charge on any atom is 0.00314 e. The van der Waals surface area contributed by atoms with Crippen molar-refractivity contribution in [3.63, 3.8) is 0 Å².